The average molecular weight is 289 g/mol. The van der Waals surface area contributed by atoms with E-state index >= 15 is 0 Å². The van der Waals surface area contributed by atoms with Crippen LogP contribution < -0.4 is 10.1 Å². The Morgan fingerprint density at radius 1 is 1.38 bits per heavy atom. The molecule has 0 unspecified atom stereocenters. The van der Waals surface area contributed by atoms with Crippen molar-refractivity contribution >= 4 is 5.91 Å². The predicted octanol–water partition coefficient (Wildman–Crippen LogP) is 2.24. The van der Waals surface area contributed by atoms with E-state index in [0.29, 0.717) is 6.54 Å². The highest BCUT2D eigenvalue weighted by atomic mass is 16.5. The normalized spacial score (nSPS) is 21.9. The summed E-state index contributed by atoms with van der Waals surface area (Å²) in [5.41, 5.74) is 2.78. The predicted molar refractivity (Wildman–Crippen MR) is 80.5 cm³/mol. The van der Waals surface area contributed by atoms with Gasteiger partial charge in [-0.3, -0.25) is 4.79 Å². The molecule has 1 aromatic rings. The van der Waals surface area contributed by atoms with Crippen molar-refractivity contribution in [1.29, 1.82) is 0 Å². The number of aryl methyl sites for hydroxylation is 2. The zero-order valence-electron chi connectivity index (χ0n) is 12.6. The van der Waals surface area contributed by atoms with Gasteiger partial charge in [0.05, 0.1) is 6.10 Å². The molecule has 4 nitrogen and oxygen atoms in total. The first-order valence-electron chi connectivity index (χ1n) is 7.90. The van der Waals surface area contributed by atoms with Gasteiger partial charge in [-0.25, -0.2) is 0 Å². The molecule has 4 heteroatoms. The number of fused-ring (bicyclic) bond motifs is 1. The van der Waals surface area contributed by atoms with E-state index in [0.717, 1.165) is 38.0 Å². The van der Waals surface area contributed by atoms with Crippen molar-refractivity contribution in [2.45, 2.75) is 51.2 Å². The number of ether oxygens (including phenoxy) is 2. The van der Waals surface area contributed by atoms with E-state index in [9.17, 15) is 4.79 Å². The van der Waals surface area contributed by atoms with Gasteiger partial charge in [-0.2, -0.15) is 0 Å². The van der Waals surface area contributed by atoms with E-state index in [1.165, 1.54) is 17.5 Å². The first-order chi connectivity index (χ1) is 10.2. The van der Waals surface area contributed by atoms with Crippen LogP contribution in [0, 0.1) is 0 Å². The number of hydrogen-bond acceptors (Lipinski definition) is 3. The molecule has 1 amide bonds. The van der Waals surface area contributed by atoms with Crippen LogP contribution in [-0.4, -0.2) is 31.3 Å². The van der Waals surface area contributed by atoms with Crippen LogP contribution in [0.2, 0.25) is 0 Å². The van der Waals surface area contributed by atoms with Gasteiger partial charge in [-0.1, -0.05) is 6.07 Å². The topological polar surface area (TPSA) is 47.6 Å². The van der Waals surface area contributed by atoms with E-state index in [2.05, 4.69) is 17.4 Å². The standard InChI is InChI=1S/C17H23NO3/c1-12(17(19)18-11-16-6-3-9-20-16)21-15-8-7-13-4-2-5-14(13)10-15/h7-8,10,12,16H,2-6,9,11H2,1H3,(H,18,19)/t12-,16+/m0/s1. The Labute approximate surface area is 125 Å². The Bertz CT molecular complexity index is 509. The van der Waals surface area contributed by atoms with E-state index in [1.807, 2.05) is 6.07 Å². The molecule has 1 aromatic carbocycles. The summed E-state index contributed by atoms with van der Waals surface area (Å²) in [7, 11) is 0. The molecule has 1 saturated heterocycles. The third kappa shape index (κ3) is 3.56. The second-order valence-corrected chi connectivity index (χ2v) is 5.92. The average Bonchev–Trinajstić information content (AvgIpc) is 3.15. The SMILES string of the molecule is C[C@H](Oc1ccc2c(c1)CCC2)C(=O)NC[C@H]1CCCO1. The zero-order valence-corrected chi connectivity index (χ0v) is 12.6. The largest absolute Gasteiger partial charge is 0.481 e. The van der Waals surface area contributed by atoms with E-state index in [4.69, 9.17) is 9.47 Å². The number of carbonyl (C=O) groups is 1. The summed E-state index contributed by atoms with van der Waals surface area (Å²) in [6, 6.07) is 6.16. The molecular weight excluding hydrogens is 266 g/mol. The fourth-order valence-corrected chi connectivity index (χ4v) is 3.04. The van der Waals surface area contributed by atoms with Gasteiger partial charge in [0.1, 0.15) is 5.75 Å². The van der Waals surface area contributed by atoms with Crippen LogP contribution in [0.1, 0.15) is 37.3 Å². The lowest BCUT2D eigenvalue weighted by Gasteiger charge is -2.17. The van der Waals surface area contributed by atoms with E-state index in [-0.39, 0.29) is 12.0 Å². The fourth-order valence-electron chi connectivity index (χ4n) is 3.04. The molecule has 3 rings (SSSR count). The Balaban J connectivity index is 1.50. The second-order valence-electron chi connectivity index (χ2n) is 5.92. The van der Waals surface area contributed by atoms with Crippen molar-refractivity contribution in [3.63, 3.8) is 0 Å². The highest BCUT2D eigenvalue weighted by molar-refractivity contribution is 5.80. The molecule has 0 saturated carbocycles. The Kier molecular flexibility index (Phi) is 4.44. The van der Waals surface area contributed by atoms with Crippen molar-refractivity contribution in [2.24, 2.45) is 0 Å². The van der Waals surface area contributed by atoms with Gasteiger partial charge in [0.25, 0.3) is 5.91 Å². The Morgan fingerprint density at radius 2 is 2.24 bits per heavy atom. The molecule has 0 bridgehead atoms. The van der Waals surface area contributed by atoms with Gasteiger partial charge in [0, 0.05) is 13.2 Å². The van der Waals surface area contributed by atoms with Crippen molar-refractivity contribution < 1.29 is 14.3 Å². The summed E-state index contributed by atoms with van der Waals surface area (Å²) >= 11 is 0. The molecule has 21 heavy (non-hydrogen) atoms. The van der Waals surface area contributed by atoms with Gasteiger partial charge in [-0.05, 0) is 62.3 Å². The number of rotatable bonds is 5. The van der Waals surface area contributed by atoms with Crippen molar-refractivity contribution in [3.8, 4) is 5.75 Å². The van der Waals surface area contributed by atoms with Crippen molar-refractivity contribution in [1.82, 2.24) is 5.32 Å². The third-order valence-electron chi connectivity index (χ3n) is 4.28. The van der Waals surface area contributed by atoms with Crippen LogP contribution in [0.4, 0.5) is 0 Å². The summed E-state index contributed by atoms with van der Waals surface area (Å²) in [5, 5.41) is 2.91. The smallest absolute Gasteiger partial charge is 0.260 e. The van der Waals surface area contributed by atoms with Gasteiger partial charge in [-0.15, -0.1) is 0 Å². The lowest BCUT2D eigenvalue weighted by atomic mass is 10.1. The lowest BCUT2D eigenvalue weighted by molar-refractivity contribution is -0.127. The highest BCUT2D eigenvalue weighted by Crippen LogP contribution is 2.26. The monoisotopic (exact) mass is 289 g/mol. The first kappa shape index (κ1) is 14.4. The van der Waals surface area contributed by atoms with Crippen LogP contribution >= 0.6 is 0 Å². The maximum absolute atomic E-state index is 12.0. The minimum Gasteiger partial charge on any atom is -0.481 e. The summed E-state index contributed by atoms with van der Waals surface area (Å²) in [5.74, 6) is 0.710. The number of nitrogens with one attached hydrogen (secondary N) is 1. The van der Waals surface area contributed by atoms with Gasteiger partial charge in [0.15, 0.2) is 6.10 Å². The number of hydrogen-bond donors (Lipinski definition) is 1. The maximum atomic E-state index is 12.0. The van der Waals surface area contributed by atoms with E-state index in [1.54, 1.807) is 6.92 Å². The van der Waals surface area contributed by atoms with Crippen LogP contribution in [0.5, 0.6) is 5.75 Å². The lowest BCUT2D eigenvalue weighted by Crippen LogP contribution is -2.40. The molecule has 2 atom stereocenters. The molecule has 1 heterocycles. The van der Waals surface area contributed by atoms with Crippen molar-refractivity contribution in [3.05, 3.63) is 29.3 Å². The van der Waals surface area contributed by atoms with E-state index < -0.39 is 6.10 Å². The molecule has 1 fully saturated rings. The molecular formula is C17H23NO3. The number of benzene rings is 1. The zero-order chi connectivity index (χ0) is 14.7. The molecule has 0 spiro atoms. The van der Waals surface area contributed by atoms with Crippen LogP contribution in [0.3, 0.4) is 0 Å². The second kappa shape index (κ2) is 6.48. The molecule has 0 aromatic heterocycles. The summed E-state index contributed by atoms with van der Waals surface area (Å²) in [6.45, 7) is 3.18. The van der Waals surface area contributed by atoms with Crippen LogP contribution in [-0.2, 0) is 22.4 Å². The fraction of sp³-hybridized carbons (Fsp3) is 0.588. The number of amides is 1. The van der Waals surface area contributed by atoms with Gasteiger partial charge < -0.3 is 14.8 Å². The summed E-state index contributed by atoms with van der Waals surface area (Å²) < 4.78 is 11.3. The minimum absolute atomic E-state index is 0.0778. The molecule has 0 radical (unpaired) electrons. The van der Waals surface area contributed by atoms with Crippen molar-refractivity contribution in [2.75, 3.05) is 13.2 Å². The maximum Gasteiger partial charge on any atom is 0.260 e. The Morgan fingerprint density at radius 3 is 3.05 bits per heavy atom. The molecule has 1 aliphatic heterocycles. The summed E-state index contributed by atoms with van der Waals surface area (Å²) in [6.07, 6.45) is 5.30. The first-order valence-corrected chi connectivity index (χ1v) is 7.90. The number of carbonyl (C=O) groups excluding carboxylic acids is 1. The highest BCUT2D eigenvalue weighted by Gasteiger charge is 2.20. The minimum atomic E-state index is -0.481. The van der Waals surface area contributed by atoms with Gasteiger partial charge in [0.2, 0.25) is 0 Å². The molecule has 114 valence electrons. The molecule has 2 aliphatic rings. The third-order valence-corrected chi connectivity index (χ3v) is 4.28. The summed E-state index contributed by atoms with van der Waals surface area (Å²) in [4.78, 5) is 12.0. The quantitative estimate of drug-likeness (QED) is 0.904. The Hall–Kier alpha value is -1.55. The van der Waals surface area contributed by atoms with Crippen LogP contribution in [0.25, 0.3) is 0 Å². The van der Waals surface area contributed by atoms with Gasteiger partial charge >= 0.3 is 0 Å². The molecule has 1 N–H and O–H groups in total. The van der Waals surface area contributed by atoms with Crippen LogP contribution in [0.15, 0.2) is 18.2 Å². The molecule has 1 aliphatic carbocycles.